The van der Waals surface area contributed by atoms with Gasteiger partial charge < -0.3 is 9.15 Å². The molecular weight excluding hydrogens is 332 g/mol. The number of nitrogens with one attached hydrogen (secondary N) is 1. The van der Waals surface area contributed by atoms with Crippen molar-refractivity contribution in [2.75, 3.05) is 11.3 Å². The third-order valence-corrected chi connectivity index (χ3v) is 4.87. The van der Waals surface area contributed by atoms with Crippen molar-refractivity contribution in [3.8, 4) is 5.75 Å². The number of hydrogen-bond donors (Lipinski definition) is 1. The third-order valence-electron chi connectivity index (χ3n) is 3.49. The van der Waals surface area contributed by atoms with Gasteiger partial charge in [0.15, 0.2) is 5.58 Å². The van der Waals surface area contributed by atoms with Gasteiger partial charge in [0.2, 0.25) is 0 Å². The zero-order valence-corrected chi connectivity index (χ0v) is 14.0. The molecule has 0 radical (unpaired) electrons. The van der Waals surface area contributed by atoms with E-state index >= 15 is 0 Å². The molecule has 7 nitrogen and oxygen atoms in total. The Morgan fingerprint density at radius 2 is 1.88 bits per heavy atom. The van der Waals surface area contributed by atoms with E-state index in [1.54, 1.807) is 24.3 Å². The standard InChI is InChI=1S/C16H16N2O5S/c1-3-22-12-6-4-11(5-7-12)17-24(20,21)13-8-9-15-14(10-13)18(2)16(19)23-15/h4-10,17H,3H2,1-2H3. The Balaban J connectivity index is 1.92. The molecule has 0 amide bonds. The van der Waals surface area contributed by atoms with E-state index in [0.717, 1.165) is 0 Å². The SMILES string of the molecule is CCOc1ccc(NS(=O)(=O)c2ccc3oc(=O)n(C)c3c2)cc1. The lowest BCUT2D eigenvalue weighted by molar-refractivity contribution is 0.340. The molecule has 3 rings (SSSR count). The summed E-state index contributed by atoms with van der Waals surface area (Å²) in [6.45, 7) is 2.41. The first-order valence-corrected chi connectivity index (χ1v) is 8.74. The zero-order chi connectivity index (χ0) is 17.3. The van der Waals surface area contributed by atoms with Crippen LogP contribution in [0.4, 0.5) is 5.69 Å². The summed E-state index contributed by atoms with van der Waals surface area (Å²) in [5.74, 6) is 0.120. The highest BCUT2D eigenvalue weighted by Gasteiger charge is 2.17. The minimum atomic E-state index is -3.79. The van der Waals surface area contributed by atoms with Gasteiger partial charge in [-0.25, -0.2) is 13.2 Å². The molecule has 1 aromatic heterocycles. The Labute approximate surface area is 138 Å². The smallest absolute Gasteiger partial charge is 0.419 e. The first-order valence-electron chi connectivity index (χ1n) is 7.26. The largest absolute Gasteiger partial charge is 0.494 e. The lowest BCUT2D eigenvalue weighted by Crippen LogP contribution is -2.13. The summed E-state index contributed by atoms with van der Waals surface area (Å²) in [6.07, 6.45) is 0. The van der Waals surface area contributed by atoms with Crippen LogP contribution in [-0.4, -0.2) is 19.6 Å². The number of oxazole rings is 1. The molecule has 0 bridgehead atoms. The van der Waals surface area contributed by atoms with E-state index in [4.69, 9.17) is 9.15 Å². The van der Waals surface area contributed by atoms with Gasteiger partial charge in [-0.15, -0.1) is 0 Å². The molecule has 0 unspecified atom stereocenters. The topological polar surface area (TPSA) is 90.5 Å². The number of fused-ring (bicyclic) bond motifs is 1. The number of aromatic nitrogens is 1. The quantitative estimate of drug-likeness (QED) is 0.764. The molecule has 0 aliphatic carbocycles. The van der Waals surface area contributed by atoms with Crippen LogP contribution in [0.2, 0.25) is 0 Å². The second-order valence-corrected chi connectivity index (χ2v) is 6.80. The molecule has 2 aromatic carbocycles. The molecular formula is C16H16N2O5S. The monoisotopic (exact) mass is 348 g/mol. The Kier molecular flexibility index (Phi) is 4.06. The molecule has 0 saturated carbocycles. The fourth-order valence-corrected chi connectivity index (χ4v) is 3.35. The number of hydrogen-bond acceptors (Lipinski definition) is 5. The molecule has 0 atom stereocenters. The van der Waals surface area contributed by atoms with Crippen molar-refractivity contribution in [3.05, 3.63) is 53.0 Å². The summed E-state index contributed by atoms with van der Waals surface area (Å²) in [4.78, 5) is 11.5. The maximum Gasteiger partial charge on any atom is 0.419 e. The predicted molar refractivity (Wildman–Crippen MR) is 89.9 cm³/mol. The molecule has 0 saturated heterocycles. The number of benzene rings is 2. The van der Waals surface area contributed by atoms with E-state index < -0.39 is 15.8 Å². The second kappa shape index (κ2) is 6.04. The van der Waals surface area contributed by atoms with Crippen LogP contribution in [0.3, 0.4) is 0 Å². The average Bonchev–Trinajstić information content (AvgIpc) is 2.84. The summed E-state index contributed by atoms with van der Waals surface area (Å²) >= 11 is 0. The van der Waals surface area contributed by atoms with Crippen LogP contribution in [0.15, 0.2) is 56.6 Å². The molecule has 3 aromatic rings. The summed E-state index contributed by atoms with van der Waals surface area (Å²) < 4.78 is 39.1. The summed E-state index contributed by atoms with van der Waals surface area (Å²) in [5, 5.41) is 0. The van der Waals surface area contributed by atoms with Gasteiger partial charge >= 0.3 is 5.76 Å². The molecule has 0 spiro atoms. The van der Waals surface area contributed by atoms with Crippen molar-refractivity contribution >= 4 is 26.8 Å². The van der Waals surface area contributed by atoms with Crippen LogP contribution in [0, 0.1) is 0 Å². The van der Waals surface area contributed by atoms with Crippen LogP contribution < -0.4 is 15.2 Å². The minimum Gasteiger partial charge on any atom is -0.494 e. The highest BCUT2D eigenvalue weighted by molar-refractivity contribution is 7.92. The van der Waals surface area contributed by atoms with Gasteiger partial charge in [-0.2, -0.15) is 0 Å². The predicted octanol–water partition coefficient (Wildman–Crippen LogP) is 2.33. The molecule has 24 heavy (non-hydrogen) atoms. The van der Waals surface area contributed by atoms with Crippen molar-refractivity contribution < 1.29 is 17.6 Å². The van der Waals surface area contributed by atoms with E-state index in [2.05, 4.69) is 4.72 Å². The lowest BCUT2D eigenvalue weighted by Gasteiger charge is -2.09. The molecule has 126 valence electrons. The fraction of sp³-hybridized carbons (Fsp3) is 0.188. The Morgan fingerprint density at radius 1 is 1.17 bits per heavy atom. The average molecular weight is 348 g/mol. The van der Waals surface area contributed by atoms with E-state index in [0.29, 0.717) is 29.1 Å². The van der Waals surface area contributed by atoms with E-state index in [1.807, 2.05) is 6.92 Å². The Morgan fingerprint density at radius 3 is 2.54 bits per heavy atom. The highest BCUT2D eigenvalue weighted by Crippen LogP contribution is 2.22. The van der Waals surface area contributed by atoms with Crippen molar-refractivity contribution in [2.24, 2.45) is 7.05 Å². The number of nitrogens with zero attached hydrogens (tertiary/aromatic N) is 1. The number of ether oxygens (including phenoxy) is 1. The molecule has 0 aliphatic heterocycles. The fourth-order valence-electron chi connectivity index (χ4n) is 2.27. The second-order valence-electron chi connectivity index (χ2n) is 5.12. The minimum absolute atomic E-state index is 0.0419. The van der Waals surface area contributed by atoms with Crippen molar-refractivity contribution in [2.45, 2.75) is 11.8 Å². The third kappa shape index (κ3) is 3.00. The lowest BCUT2D eigenvalue weighted by atomic mass is 10.3. The van der Waals surface area contributed by atoms with Crippen LogP contribution in [0.25, 0.3) is 11.1 Å². The highest BCUT2D eigenvalue weighted by atomic mass is 32.2. The van der Waals surface area contributed by atoms with E-state index in [-0.39, 0.29) is 4.90 Å². The van der Waals surface area contributed by atoms with E-state index in [1.165, 1.54) is 29.8 Å². The van der Waals surface area contributed by atoms with Gasteiger partial charge in [0.05, 0.1) is 17.0 Å². The van der Waals surface area contributed by atoms with Crippen LogP contribution in [0.1, 0.15) is 6.92 Å². The molecule has 1 heterocycles. The maximum absolute atomic E-state index is 12.5. The number of anilines is 1. The first-order chi connectivity index (χ1) is 11.4. The van der Waals surface area contributed by atoms with Crippen LogP contribution in [-0.2, 0) is 17.1 Å². The molecule has 8 heteroatoms. The molecule has 1 N–H and O–H groups in total. The normalized spacial score (nSPS) is 11.6. The van der Waals surface area contributed by atoms with Gasteiger partial charge in [-0.1, -0.05) is 0 Å². The Bertz CT molecular complexity index is 1030. The maximum atomic E-state index is 12.5. The van der Waals surface area contributed by atoms with Gasteiger partial charge in [-0.05, 0) is 49.4 Å². The van der Waals surface area contributed by atoms with Gasteiger partial charge in [0.25, 0.3) is 10.0 Å². The van der Waals surface area contributed by atoms with Gasteiger partial charge in [0.1, 0.15) is 5.75 Å². The first kappa shape index (κ1) is 16.1. The number of rotatable bonds is 5. The number of sulfonamides is 1. The zero-order valence-electron chi connectivity index (χ0n) is 13.1. The summed E-state index contributed by atoms with van der Waals surface area (Å²) in [7, 11) is -2.27. The molecule has 0 aliphatic rings. The van der Waals surface area contributed by atoms with Crippen molar-refractivity contribution in [1.29, 1.82) is 0 Å². The van der Waals surface area contributed by atoms with Gasteiger partial charge in [0, 0.05) is 12.7 Å². The van der Waals surface area contributed by atoms with E-state index in [9.17, 15) is 13.2 Å². The van der Waals surface area contributed by atoms with Crippen LogP contribution >= 0.6 is 0 Å². The van der Waals surface area contributed by atoms with Crippen molar-refractivity contribution in [3.63, 3.8) is 0 Å². The summed E-state index contributed by atoms with van der Waals surface area (Å²) in [6, 6.07) is 10.9. The summed E-state index contributed by atoms with van der Waals surface area (Å²) in [5.41, 5.74) is 1.16. The Hall–Kier alpha value is -2.74. The van der Waals surface area contributed by atoms with Gasteiger partial charge in [-0.3, -0.25) is 9.29 Å². The number of aryl methyl sites for hydroxylation is 1. The molecule has 0 fully saturated rings. The van der Waals surface area contributed by atoms with Crippen LogP contribution in [0.5, 0.6) is 5.75 Å². The van der Waals surface area contributed by atoms with Crippen molar-refractivity contribution in [1.82, 2.24) is 4.57 Å².